The number of ether oxygens (including phenoxy) is 2. The summed E-state index contributed by atoms with van der Waals surface area (Å²) in [4.78, 5) is 24.3. The maximum absolute atomic E-state index is 12.2. The molecule has 0 fully saturated rings. The number of hydrogen-bond donors (Lipinski definition) is 2. The van der Waals surface area contributed by atoms with Crippen molar-refractivity contribution in [1.82, 2.24) is 0 Å². The number of aliphatic hydroxyl groups is 2. The number of hydrogen-bond acceptors (Lipinski definition) is 6. The van der Waals surface area contributed by atoms with Crippen LogP contribution in [0.15, 0.2) is 36.5 Å². The Morgan fingerprint density at radius 3 is 1.53 bits per heavy atom. The Balaban J connectivity index is 3.67. The molecule has 6 nitrogen and oxygen atoms in total. The first kappa shape index (κ1) is 49.1. The van der Waals surface area contributed by atoms with Crippen LogP contribution < -0.4 is 0 Å². The zero-order chi connectivity index (χ0) is 37.3. The summed E-state index contributed by atoms with van der Waals surface area (Å²) in [6.07, 6.45) is 46.7. The molecule has 0 radical (unpaired) electrons. The van der Waals surface area contributed by atoms with Crippen LogP contribution in [0.2, 0.25) is 0 Å². The lowest BCUT2D eigenvalue weighted by Crippen LogP contribution is -2.28. The number of unbranched alkanes of at least 4 members (excludes halogenated alkanes) is 24. The highest BCUT2D eigenvalue weighted by Gasteiger charge is 2.16. The summed E-state index contributed by atoms with van der Waals surface area (Å²) < 4.78 is 10.5. The minimum atomic E-state index is -0.840. The fourth-order valence-corrected chi connectivity index (χ4v) is 6.21. The third kappa shape index (κ3) is 39.1. The monoisotopic (exact) mass is 719 g/mol. The Morgan fingerprint density at radius 1 is 0.549 bits per heavy atom. The molecule has 298 valence electrons. The van der Waals surface area contributed by atoms with E-state index in [0.717, 1.165) is 32.1 Å². The number of allylic oxidation sites excluding steroid dienone is 5. The van der Waals surface area contributed by atoms with Crippen molar-refractivity contribution in [2.75, 3.05) is 13.2 Å². The summed E-state index contributed by atoms with van der Waals surface area (Å²) in [5.41, 5.74) is 0. The summed E-state index contributed by atoms with van der Waals surface area (Å²) in [6.45, 7) is 3.98. The molecular weight excluding hydrogens is 636 g/mol. The fourth-order valence-electron chi connectivity index (χ4n) is 6.21. The zero-order valence-electron chi connectivity index (χ0n) is 33.5. The summed E-state index contributed by atoms with van der Waals surface area (Å²) in [7, 11) is 0. The number of carbonyl (C=O) groups is 2. The molecule has 0 aromatic carbocycles. The van der Waals surface area contributed by atoms with E-state index in [-0.39, 0.29) is 25.6 Å². The van der Waals surface area contributed by atoms with Gasteiger partial charge >= 0.3 is 11.9 Å². The molecule has 51 heavy (non-hydrogen) atoms. The second-order valence-electron chi connectivity index (χ2n) is 14.6. The molecule has 0 saturated heterocycles. The molecule has 0 spiro atoms. The predicted molar refractivity (Wildman–Crippen MR) is 216 cm³/mol. The van der Waals surface area contributed by atoms with Crippen molar-refractivity contribution < 1.29 is 29.3 Å². The van der Waals surface area contributed by atoms with Gasteiger partial charge in [0.15, 0.2) is 6.10 Å². The molecule has 0 aliphatic heterocycles. The van der Waals surface area contributed by atoms with Gasteiger partial charge in [0.2, 0.25) is 0 Å². The van der Waals surface area contributed by atoms with Crippen molar-refractivity contribution in [3.8, 4) is 0 Å². The summed E-state index contributed by atoms with van der Waals surface area (Å²) >= 11 is 0. The molecule has 0 amide bonds. The van der Waals surface area contributed by atoms with Crippen LogP contribution in [0.1, 0.15) is 213 Å². The van der Waals surface area contributed by atoms with Gasteiger partial charge in [-0.25, -0.2) is 0 Å². The SMILES string of the molecule is CCCCCCCC/C=C/C/C=C/C=C/C(O)CCCC(=O)OC[C@H](CO)OC(=O)CCCCCCCCCCCCCCCCCCCCC. The minimum absolute atomic E-state index is 0.152. The molecule has 0 bridgehead atoms. The molecule has 0 heterocycles. The Hall–Kier alpha value is -1.92. The van der Waals surface area contributed by atoms with Crippen LogP contribution in [0.25, 0.3) is 0 Å². The van der Waals surface area contributed by atoms with Gasteiger partial charge in [0, 0.05) is 12.8 Å². The standard InChI is InChI=1S/C45H82O6/c1-3-5-7-9-11-13-15-17-18-19-20-21-22-24-26-28-30-32-34-38-45(49)51-43(40-46)41-50-44(48)39-35-37-42(47)36-33-31-29-27-25-23-16-14-12-10-8-6-4-2/h23,25,29,31,33,36,42-43,46-47H,3-22,24,26-28,30,32,34-35,37-41H2,1-2H3/b25-23+,31-29+,36-33+/t42?,43-/m0/s1. The van der Waals surface area contributed by atoms with E-state index in [1.807, 2.05) is 12.2 Å². The summed E-state index contributed by atoms with van der Waals surface area (Å²) in [6, 6.07) is 0. The molecule has 0 aromatic rings. The van der Waals surface area contributed by atoms with E-state index in [4.69, 9.17) is 9.47 Å². The topological polar surface area (TPSA) is 93.1 Å². The molecule has 0 aromatic heterocycles. The Kier molecular flexibility index (Phi) is 39.3. The van der Waals surface area contributed by atoms with Gasteiger partial charge in [-0.2, -0.15) is 0 Å². The molecule has 1 unspecified atom stereocenters. The predicted octanol–water partition coefficient (Wildman–Crippen LogP) is 12.6. The highest BCUT2D eigenvalue weighted by molar-refractivity contribution is 5.70. The smallest absolute Gasteiger partial charge is 0.306 e. The van der Waals surface area contributed by atoms with Crippen LogP contribution >= 0.6 is 0 Å². The highest BCUT2D eigenvalue weighted by atomic mass is 16.6. The molecule has 0 aliphatic carbocycles. The van der Waals surface area contributed by atoms with Crippen LogP contribution in [0.5, 0.6) is 0 Å². The Labute approximate surface area is 315 Å². The molecule has 0 rings (SSSR count). The Bertz CT molecular complexity index is 835. The van der Waals surface area contributed by atoms with E-state index in [1.165, 1.54) is 141 Å². The van der Waals surface area contributed by atoms with Gasteiger partial charge in [0.25, 0.3) is 0 Å². The molecule has 2 N–H and O–H groups in total. The molecule has 0 aliphatic rings. The lowest BCUT2D eigenvalue weighted by atomic mass is 10.0. The Morgan fingerprint density at radius 2 is 1.02 bits per heavy atom. The van der Waals surface area contributed by atoms with Crippen molar-refractivity contribution in [2.45, 2.75) is 225 Å². The third-order valence-electron chi connectivity index (χ3n) is 9.54. The largest absolute Gasteiger partial charge is 0.462 e. The van der Waals surface area contributed by atoms with Gasteiger partial charge in [-0.1, -0.05) is 198 Å². The van der Waals surface area contributed by atoms with Crippen LogP contribution in [0, 0.1) is 0 Å². The van der Waals surface area contributed by atoms with Crippen LogP contribution in [0.4, 0.5) is 0 Å². The van der Waals surface area contributed by atoms with E-state index in [1.54, 1.807) is 6.08 Å². The van der Waals surface area contributed by atoms with Gasteiger partial charge in [-0.05, 0) is 38.5 Å². The van der Waals surface area contributed by atoms with Gasteiger partial charge in [-0.15, -0.1) is 0 Å². The van der Waals surface area contributed by atoms with Crippen LogP contribution in [0.3, 0.4) is 0 Å². The van der Waals surface area contributed by atoms with Gasteiger partial charge in [0.05, 0.1) is 12.7 Å². The minimum Gasteiger partial charge on any atom is -0.462 e. The van der Waals surface area contributed by atoms with Crippen molar-refractivity contribution in [1.29, 1.82) is 0 Å². The van der Waals surface area contributed by atoms with Gasteiger partial charge in [0.1, 0.15) is 6.61 Å². The normalized spacial score (nSPS) is 13.1. The van der Waals surface area contributed by atoms with Gasteiger partial charge in [-0.3, -0.25) is 9.59 Å². The first-order chi connectivity index (χ1) is 25.0. The second kappa shape index (κ2) is 40.8. The zero-order valence-corrected chi connectivity index (χ0v) is 33.5. The van der Waals surface area contributed by atoms with Crippen molar-refractivity contribution in [2.24, 2.45) is 0 Å². The van der Waals surface area contributed by atoms with Crippen molar-refractivity contribution >= 4 is 11.9 Å². The van der Waals surface area contributed by atoms with Gasteiger partial charge < -0.3 is 19.7 Å². The average Bonchev–Trinajstić information content (AvgIpc) is 3.12. The van der Waals surface area contributed by atoms with E-state index in [2.05, 4.69) is 32.1 Å². The van der Waals surface area contributed by atoms with Crippen molar-refractivity contribution in [3.05, 3.63) is 36.5 Å². The molecule has 2 atom stereocenters. The fraction of sp³-hybridized carbons (Fsp3) is 0.822. The summed E-state index contributed by atoms with van der Waals surface area (Å²) in [5.74, 6) is -0.780. The highest BCUT2D eigenvalue weighted by Crippen LogP contribution is 2.15. The number of esters is 2. The van der Waals surface area contributed by atoms with E-state index in [9.17, 15) is 19.8 Å². The molecule has 6 heteroatoms. The number of carbonyl (C=O) groups excluding carboxylic acids is 2. The van der Waals surface area contributed by atoms with E-state index in [0.29, 0.717) is 19.3 Å². The number of rotatable bonds is 39. The van der Waals surface area contributed by atoms with E-state index < -0.39 is 18.2 Å². The first-order valence-corrected chi connectivity index (χ1v) is 21.7. The lowest BCUT2D eigenvalue weighted by molar-refractivity contribution is -0.161. The summed E-state index contributed by atoms with van der Waals surface area (Å²) in [5, 5.41) is 19.7. The number of aliphatic hydroxyl groups excluding tert-OH is 2. The maximum atomic E-state index is 12.2. The lowest BCUT2D eigenvalue weighted by Gasteiger charge is -2.16. The molecule has 0 saturated carbocycles. The van der Waals surface area contributed by atoms with E-state index >= 15 is 0 Å². The average molecular weight is 719 g/mol. The van der Waals surface area contributed by atoms with Crippen molar-refractivity contribution in [3.63, 3.8) is 0 Å². The van der Waals surface area contributed by atoms with Crippen LogP contribution in [-0.2, 0) is 19.1 Å². The van der Waals surface area contributed by atoms with Crippen LogP contribution in [-0.4, -0.2) is 47.6 Å². The first-order valence-electron chi connectivity index (χ1n) is 21.7. The quantitative estimate of drug-likeness (QED) is 0.0284. The second-order valence-corrected chi connectivity index (χ2v) is 14.6. The maximum Gasteiger partial charge on any atom is 0.306 e. The molecular formula is C45H82O6. The third-order valence-corrected chi connectivity index (χ3v) is 9.54.